The Morgan fingerprint density at radius 2 is 2.60 bits per heavy atom. The van der Waals surface area contributed by atoms with Crippen LogP contribution >= 0.6 is 0 Å². The van der Waals surface area contributed by atoms with Gasteiger partial charge < -0.3 is 4.74 Å². The van der Waals surface area contributed by atoms with Gasteiger partial charge in [0.25, 0.3) is 0 Å². The van der Waals surface area contributed by atoms with E-state index in [0.29, 0.717) is 12.5 Å². The van der Waals surface area contributed by atoms with E-state index >= 15 is 0 Å². The number of carbonyl (C=O) groups excluding carboxylic acids is 1. The van der Waals surface area contributed by atoms with Gasteiger partial charge in [-0.1, -0.05) is 6.08 Å². The molecule has 2 atom stereocenters. The van der Waals surface area contributed by atoms with Crippen molar-refractivity contribution in [2.75, 3.05) is 6.61 Å². The van der Waals surface area contributed by atoms with Crippen LogP contribution in [-0.2, 0) is 9.53 Å². The number of hydrogen-bond donors (Lipinski definition) is 0. The highest BCUT2D eigenvalue weighted by Gasteiger charge is 2.41. The van der Waals surface area contributed by atoms with Crippen molar-refractivity contribution < 1.29 is 9.53 Å². The summed E-state index contributed by atoms with van der Waals surface area (Å²) in [4.78, 5) is 10.9. The third kappa shape index (κ3) is 1.38. The Morgan fingerprint density at radius 1 is 1.90 bits per heavy atom. The Bertz CT molecular complexity index is 151. The van der Waals surface area contributed by atoms with E-state index in [4.69, 9.17) is 4.74 Å². The molecule has 0 aromatic heterocycles. The molecule has 0 saturated heterocycles. The first-order valence-electron chi connectivity index (χ1n) is 3.58. The van der Waals surface area contributed by atoms with Gasteiger partial charge in [0.2, 0.25) is 0 Å². The maximum absolute atomic E-state index is 10.9. The minimum absolute atomic E-state index is 0.0626. The maximum Gasteiger partial charge on any atom is 0.309 e. The number of ether oxygens (including phenoxy) is 1. The fourth-order valence-corrected chi connectivity index (χ4v) is 0.995. The lowest BCUT2D eigenvalue weighted by Crippen LogP contribution is -2.06. The van der Waals surface area contributed by atoms with Crippen molar-refractivity contribution in [3.05, 3.63) is 12.7 Å². The molecule has 0 aliphatic heterocycles. The molecule has 0 spiro atoms. The summed E-state index contributed by atoms with van der Waals surface area (Å²) in [6, 6.07) is 0. The van der Waals surface area contributed by atoms with Crippen LogP contribution in [0.1, 0.15) is 13.3 Å². The molecule has 0 bridgehead atoms. The Balaban J connectivity index is 2.25. The first-order valence-corrected chi connectivity index (χ1v) is 3.58. The van der Waals surface area contributed by atoms with Crippen molar-refractivity contribution >= 4 is 5.97 Å². The topological polar surface area (TPSA) is 26.3 Å². The standard InChI is InChI=1S/C8H12O2/c1-3-6-5-7(6)8(9)10-4-2/h3,6-7H,1,4-5H2,2H3/t6?,7-/m1/s1. The van der Waals surface area contributed by atoms with Gasteiger partial charge in [0.05, 0.1) is 12.5 Å². The molecular weight excluding hydrogens is 128 g/mol. The smallest absolute Gasteiger partial charge is 0.309 e. The van der Waals surface area contributed by atoms with Crippen LogP contribution in [0, 0.1) is 11.8 Å². The maximum atomic E-state index is 10.9. The van der Waals surface area contributed by atoms with Crippen LogP contribution < -0.4 is 0 Å². The van der Waals surface area contributed by atoms with E-state index in [9.17, 15) is 4.79 Å². The van der Waals surface area contributed by atoms with Gasteiger partial charge in [0.15, 0.2) is 0 Å². The lowest BCUT2D eigenvalue weighted by atomic mass is 10.3. The molecule has 2 nitrogen and oxygen atoms in total. The summed E-state index contributed by atoms with van der Waals surface area (Å²) in [6.45, 7) is 5.92. The van der Waals surface area contributed by atoms with Gasteiger partial charge in [-0.05, 0) is 19.3 Å². The van der Waals surface area contributed by atoms with Crippen molar-refractivity contribution in [3.63, 3.8) is 0 Å². The number of rotatable bonds is 3. The van der Waals surface area contributed by atoms with E-state index in [0.717, 1.165) is 6.42 Å². The quantitative estimate of drug-likeness (QED) is 0.437. The summed E-state index contributed by atoms with van der Waals surface area (Å²) in [5.41, 5.74) is 0. The third-order valence-corrected chi connectivity index (χ3v) is 1.73. The SMILES string of the molecule is C=CC1C[C@H]1C(=O)OCC. The Kier molecular flexibility index (Phi) is 2.10. The minimum Gasteiger partial charge on any atom is -0.466 e. The Labute approximate surface area is 60.9 Å². The highest BCUT2D eigenvalue weighted by molar-refractivity contribution is 5.76. The van der Waals surface area contributed by atoms with Crippen LogP contribution in [0.25, 0.3) is 0 Å². The van der Waals surface area contributed by atoms with Crippen LogP contribution in [0.15, 0.2) is 12.7 Å². The number of allylic oxidation sites excluding steroid dienone is 1. The minimum atomic E-state index is -0.0626. The van der Waals surface area contributed by atoms with Crippen molar-refractivity contribution in [1.29, 1.82) is 0 Å². The van der Waals surface area contributed by atoms with Crippen molar-refractivity contribution in [2.45, 2.75) is 13.3 Å². The van der Waals surface area contributed by atoms with Gasteiger partial charge in [-0.3, -0.25) is 4.79 Å². The van der Waals surface area contributed by atoms with Gasteiger partial charge in [0.1, 0.15) is 0 Å². The number of esters is 1. The van der Waals surface area contributed by atoms with Gasteiger partial charge in [-0.2, -0.15) is 0 Å². The molecule has 10 heavy (non-hydrogen) atoms. The summed E-state index contributed by atoms with van der Waals surface area (Å²) in [6.07, 6.45) is 2.75. The molecule has 1 saturated carbocycles. The fraction of sp³-hybridized carbons (Fsp3) is 0.625. The monoisotopic (exact) mass is 140 g/mol. The zero-order valence-corrected chi connectivity index (χ0v) is 6.17. The van der Waals surface area contributed by atoms with Crippen LogP contribution in [0.3, 0.4) is 0 Å². The van der Waals surface area contributed by atoms with Crippen LogP contribution in [0.4, 0.5) is 0 Å². The molecule has 2 heteroatoms. The summed E-state index contributed by atoms with van der Waals surface area (Å²) < 4.78 is 4.81. The summed E-state index contributed by atoms with van der Waals surface area (Å²) >= 11 is 0. The predicted octanol–water partition coefficient (Wildman–Crippen LogP) is 1.37. The largest absolute Gasteiger partial charge is 0.466 e. The molecule has 1 rings (SSSR count). The fourth-order valence-electron chi connectivity index (χ4n) is 0.995. The zero-order chi connectivity index (χ0) is 7.56. The molecule has 0 amide bonds. The Morgan fingerprint density at radius 3 is 3.00 bits per heavy atom. The Hall–Kier alpha value is -0.790. The van der Waals surface area contributed by atoms with Gasteiger partial charge in [-0.15, -0.1) is 6.58 Å². The normalized spacial score (nSPS) is 29.3. The molecule has 1 aliphatic carbocycles. The molecule has 1 aliphatic rings. The highest BCUT2D eigenvalue weighted by Crippen LogP contribution is 2.39. The van der Waals surface area contributed by atoms with E-state index in [2.05, 4.69) is 6.58 Å². The number of hydrogen-bond acceptors (Lipinski definition) is 2. The molecular formula is C8H12O2. The molecule has 56 valence electrons. The van der Waals surface area contributed by atoms with Crippen LogP contribution in [0.5, 0.6) is 0 Å². The van der Waals surface area contributed by atoms with Crippen molar-refractivity contribution in [1.82, 2.24) is 0 Å². The highest BCUT2D eigenvalue weighted by atomic mass is 16.5. The molecule has 0 aromatic carbocycles. The zero-order valence-electron chi connectivity index (χ0n) is 6.17. The van der Waals surface area contributed by atoms with E-state index < -0.39 is 0 Å². The van der Waals surface area contributed by atoms with Gasteiger partial charge >= 0.3 is 5.97 Å². The second-order valence-corrected chi connectivity index (χ2v) is 2.49. The molecule has 0 heterocycles. The molecule has 0 aromatic rings. The predicted molar refractivity (Wildman–Crippen MR) is 38.4 cm³/mol. The molecule has 0 N–H and O–H groups in total. The second kappa shape index (κ2) is 2.86. The van der Waals surface area contributed by atoms with E-state index in [1.54, 1.807) is 0 Å². The average Bonchev–Trinajstić information content (AvgIpc) is 2.66. The van der Waals surface area contributed by atoms with Crippen molar-refractivity contribution in [2.24, 2.45) is 11.8 Å². The lowest BCUT2D eigenvalue weighted by Gasteiger charge is -1.97. The summed E-state index contributed by atoms with van der Waals surface area (Å²) in [5.74, 6) is 0.448. The lowest BCUT2D eigenvalue weighted by molar-refractivity contribution is -0.144. The van der Waals surface area contributed by atoms with E-state index in [-0.39, 0.29) is 11.9 Å². The first kappa shape index (κ1) is 7.32. The van der Waals surface area contributed by atoms with Crippen LogP contribution in [0.2, 0.25) is 0 Å². The van der Waals surface area contributed by atoms with E-state index in [1.165, 1.54) is 0 Å². The first-order chi connectivity index (χ1) is 4.79. The summed E-state index contributed by atoms with van der Waals surface area (Å²) in [7, 11) is 0. The average molecular weight is 140 g/mol. The molecule has 1 unspecified atom stereocenters. The molecule has 0 radical (unpaired) electrons. The van der Waals surface area contributed by atoms with Gasteiger partial charge in [0, 0.05) is 0 Å². The summed E-state index contributed by atoms with van der Waals surface area (Å²) in [5, 5.41) is 0. The molecule has 1 fully saturated rings. The van der Waals surface area contributed by atoms with E-state index in [1.807, 2.05) is 13.0 Å². The number of carbonyl (C=O) groups is 1. The van der Waals surface area contributed by atoms with Crippen LogP contribution in [-0.4, -0.2) is 12.6 Å². The van der Waals surface area contributed by atoms with Crippen molar-refractivity contribution in [3.8, 4) is 0 Å². The second-order valence-electron chi connectivity index (χ2n) is 2.49. The third-order valence-electron chi connectivity index (χ3n) is 1.73. The van der Waals surface area contributed by atoms with Gasteiger partial charge in [-0.25, -0.2) is 0 Å².